The van der Waals surface area contributed by atoms with Crippen LogP contribution in [0.5, 0.6) is 5.75 Å². The third kappa shape index (κ3) is 4.82. The molecule has 0 saturated carbocycles. The van der Waals surface area contributed by atoms with Gasteiger partial charge in [-0.1, -0.05) is 15.9 Å². The summed E-state index contributed by atoms with van der Waals surface area (Å²) < 4.78 is 5.13. The first-order chi connectivity index (χ1) is 10.2. The fourth-order valence-electron chi connectivity index (χ4n) is 1.79. The summed E-state index contributed by atoms with van der Waals surface area (Å²) in [5.74, 6) is 0.834. The zero-order valence-electron chi connectivity index (χ0n) is 11.8. The van der Waals surface area contributed by atoms with Crippen LogP contribution in [0.25, 0.3) is 11.3 Å². The molecule has 1 amide bonds. The summed E-state index contributed by atoms with van der Waals surface area (Å²) in [7, 11) is 1.64. The molecule has 2 aromatic rings. The number of carbonyl (C=O) groups is 1. The lowest BCUT2D eigenvalue weighted by molar-refractivity contribution is -0.116. The molecule has 0 saturated heterocycles. The Morgan fingerprint density at radius 2 is 2.10 bits per heavy atom. The summed E-state index contributed by atoms with van der Waals surface area (Å²) in [5.41, 5.74) is 1.87. The van der Waals surface area contributed by atoms with E-state index in [1.807, 2.05) is 29.6 Å². The number of benzene rings is 1. The van der Waals surface area contributed by atoms with Crippen LogP contribution in [0.2, 0.25) is 0 Å². The molecule has 1 aromatic heterocycles. The molecule has 0 spiro atoms. The van der Waals surface area contributed by atoms with Crippen LogP contribution < -0.4 is 10.1 Å². The average molecular weight is 369 g/mol. The number of hydrogen-bond acceptors (Lipinski definition) is 4. The SMILES string of the molecule is COc1ccc(-c2csc(NC(=O)CCCCBr)n2)cc1. The maximum absolute atomic E-state index is 11.7. The number of ether oxygens (including phenoxy) is 1. The number of alkyl halides is 1. The molecule has 0 aliphatic rings. The summed E-state index contributed by atoms with van der Waals surface area (Å²) in [4.78, 5) is 16.2. The van der Waals surface area contributed by atoms with Crippen LogP contribution in [-0.4, -0.2) is 23.3 Å². The van der Waals surface area contributed by atoms with Gasteiger partial charge in [0.2, 0.25) is 5.91 Å². The fraction of sp³-hybridized carbons (Fsp3) is 0.333. The number of hydrogen-bond donors (Lipinski definition) is 1. The van der Waals surface area contributed by atoms with E-state index in [0.717, 1.165) is 35.2 Å². The van der Waals surface area contributed by atoms with E-state index in [9.17, 15) is 4.79 Å². The van der Waals surface area contributed by atoms with Crippen molar-refractivity contribution in [2.75, 3.05) is 17.8 Å². The number of carbonyl (C=O) groups excluding carboxylic acids is 1. The fourth-order valence-corrected chi connectivity index (χ4v) is 2.92. The number of amides is 1. The number of nitrogens with zero attached hydrogens (tertiary/aromatic N) is 1. The lowest BCUT2D eigenvalue weighted by Gasteiger charge is -2.01. The lowest BCUT2D eigenvalue weighted by atomic mass is 10.2. The van der Waals surface area contributed by atoms with E-state index in [4.69, 9.17) is 4.74 Å². The molecule has 6 heteroatoms. The minimum absolute atomic E-state index is 0.0200. The molecular weight excluding hydrogens is 352 g/mol. The van der Waals surface area contributed by atoms with Gasteiger partial charge in [-0.05, 0) is 37.1 Å². The van der Waals surface area contributed by atoms with Crippen molar-refractivity contribution >= 4 is 38.3 Å². The Morgan fingerprint density at radius 1 is 1.33 bits per heavy atom. The highest BCUT2D eigenvalue weighted by atomic mass is 79.9. The Kier molecular flexibility index (Phi) is 6.20. The predicted molar refractivity (Wildman–Crippen MR) is 90.4 cm³/mol. The standard InChI is InChI=1S/C15H17BrN2O2S/c1-20-12-7-5-11(6-8-12)13-10-21-15(17-13)18-14(19)4-2-3-9-16/h5-8,10H,2-4,9H2,1H3,(H,17,18,19). The van der Waals surface area contributed by atoms with Crippen LogP contribution in [0.3, 0.4) is 0 Å². The molecule has 1 aromatic carbocycles. The number of anilines is 1. The minimum atomic E-state index is 0.0200. The molecule has 1 N–H and O–H groups in total. The normalized spacial score (nSPS) is 10.4. The first kappa shape index (κ1) is 16.0. The van der Waals surface area contributed by atoms with E-state index >= 15 is 0 Å². The van der Waals surface area contributed by atoms with Crippen molar-refractivity contribution in [2.24, 2.45) is 0 Å². The molecule has 0 radical (unpaired) electrons. The molecule has 0 aliphatic heterocycles. The third-order valence-electron chi connectivity index (χ3n) is 2.92. The highest BCUT2D eigenvalue weighted by Gasteiger charge is 2.08. The largest absolute Gasteiger partial charge is 0.497 e. The minimum Gasteiger partial charge on any atom is -0.497 e. The number of aromatic nitrogens is 1. The summed E-state index contributed by atoms with van der Waals surface area (Å²) in [6, 6.07) is 7.70. The van der Waals surface area contributed by atoms with E-state index in [1.54, 1.807) is 7.11 Å². The van der Waals surface area contributed by atoms with Gasteiger partial charge in [-0.25, -0.2) is 4.98 Å². The third-order valence-corrected chi connectivity index (χ3v) is 4.24. The van der Waals surface area contributed by atoms with Gasteiger partial charge in [0.1, 0.15) is 5.75 Å². The summed E-state index contributed by atoms with van der Waals surface area (Å²) in [6.07, 6.45) is 2.42. The second-order valence-corrected chi connectivity index (χ2v) is 6.11. The van der Waals surface area contributed by atoms with E-state index < -0.39 is 0 Å². The number of methoxy groups -OCH3 is 1. The first-order valence-electron chi connectivity index (χ1n) is 6.68. The zero-order valence-corrected chi connectivity index (χ0v) is 14.2. The highest BCUT2D eigenvalue weighted by molar-refractivity contribution is 9.09. The van der Waals surface area contributed by atoms with Crippen LogP contribution >= 0.6 is 27.3 Å². The van der Waals surface area contributed by atoms with Crippen LogP contribution in [0, 0.1) is 0 Å². The van der Waals surface area contributed by atoms with Crippen molar-refractivity contribution in [3.63, 3.8) is 0 Å². The smallest absolute Gasteiger partial charge is 0.226 e. The Hall–Kier alpha value is -1.40. The molecule has 112 valence electrons. The zero-order chi connectivity index (χ0) is 15.1. The molecule has 1 heterocycles. The second kappa shape index (κ2) is 8.14. The van der Waals surface area contributed by atoms with Crippen molar-refractivity contribution in [3.8, 4) is 17.0 Å². The molecule has 0 bridgehead atoms. The van der Waals surface area contributed by atoms with Crippen LogP contribution in [-0.2, 0) is 4.79 Å². The number of nitrogens with one attached hydrogen (secondary N) is 1. The molecule has 21 heavy (non-hydrogen) atoms. The second-order valence-electron chi connectivity index (χ2n) is 4.46. The van der Waals surface area contributed by atoms with E-state index in [-0.39, 0.29) is 5.91 Å². The van der Waals surface area contributed by atoms with E-state index in [0.29, 0.717) is 11.6 Å². The molecule has 0 fully saturated rings. The van der Waals surface area contributed by atoms with Gasteiger partial charge in [-0.3, -0.25) is 4.79 Å². The van der Waals surface area contributed by atoms with Crippen LogP contribution in [0.1, 0.15) is 19.3 Å². The molecule has 4 nitrogen and oxygen atoms in total. The Labute approximate surface area is 136 Å². The van der Waals surface area contributed by atoms with Crippen molar-refractivity contribution < 1.29 is 9.53 Å². The van der Waals surface area contributed by atoms with Gasteiger partial charge in [-0.15, -0.1) is 11.3 Å². The topological polar surface area (TPSA) is 51.2 Å². The number of halogens is 1. The van der Waals surface area contributed by atoms with Crippen molar-refractivity contribution in [2.45, 2.75) is 19.3 Å². The maximum atomic E-state index is 11.7. The van der Waals surface area contributed by atoms with E-state index in [1.165, 1.54) is 11.3 Å². The maximum Gasteiger partial charge on any atom is 0.226 e. The summed E-state index contributed by atoms with van der Waals surface area (Å²) in [5, 5.41) is 6.36. The van der Waals surface area contributed by atoms with Crippen LogP contribution in [0.4, 0.5) is 5.13 Å². The van der Waals surface area contributed by atoms with Gasteiger partial charge in [-0.2, -0.15) is 0 Å². The van der Waals surface area contributed by atoms with Gasteiger partial charge in [0.05, 0.1) is 12.8 Å². The summed E-state index contributed by atoms with van der Waals surface area (Å²) >= 11 is 4.79. The highest BCUT2D eigenvalue weighted by Crippen LogP contribution is 2.26. The molecule has 2 rings (SSSR count). The number of thiazole rings is 1. The van der Waals surface area contributed by atoms with Gasteiger partial charge in [0, 0.05) is 22.7 Å². The Bertz CT molecular complexity index is 584. The van der Waals surface area contributed by atoms with Crippen LogP contribution in [0.15, 0.2) is 29.6 Å². The first-order valence-corrected chi connectivity index (χ1v) is 8.69. The Morgan fingerprint density at radius 3 is 2.76 bits per heavy atom. The van der Waals surface area contributed by atoms with Crippen molar-refractivity contribution in [3.05, 3.63) is 29.6 Å². The van der Waals surface area contributed by atoms with Gasteiger partial charge >= 0.3 is 0 Å². The van der Waals surface area contributed by atoms with Gasteiger partial charge < -0.3 is 10.1 Å². The molecule has 0 unspecified atom stereocenters. The average Bonchev–Trinajstić information content (AvgIpc) is 2.96. The lowest BCUT2D eigenvalue weighted by Crippen LogP contribution is -2.10. The van der Waals surface area contributed by atoms with Crippen molar-refractivity contribution in [1.29, 1.82) is 0 Å². The Balaban J connectivity index is 1.95. The monoisotopic (exact) mass is 368 g/mol. The van der Waals surface area contributed by atoms with Gasteiger partial charge in [0.25, 0.3) is 0 Å². The molecule has 0 aliphatic carbocycles. The molecular formula is C15H17BrN2O2S. The number of unbranched alkanes of at least 4 members (excludes halogenated alkanes) is 1. The summed E-state index contributed by atoms with van der Waals surface area (Å²) in [6.45, 7) is 0. The quantitative estimate of drug-likeness (QED) is 0.584. The predicted octanol–water partition coefficient (Wildman–Crippen LogP) is 4.32. The van der Waals surface area contributed by atoms with E-state index in [2.05, 4.69) is 26.2 Å². The number of rotatable bonds is 7. The molecule has 0 atom stereocenters. The van der Waals surface area contributed by atoms with Crippen molar-refractivity contribution in [1.82, 2.24) is 4.98 Å². The van der Waals surface area contributed by atoms with Gasteiger partial charge in [0.15, 0.2) is 5.13 Å².